The van der Waals surface area contributed by atoms with Gasteiger partial charge in [0.1, 0.15) is 12.1 Å². The summed E-state index contributed by atoms with van der Waals surface area (Å²) in [7, 11) is 1.38. The summed E-state index contributed by atoms with van der Waals surface area (Å²) >= 11 is 1.58. The van der Waals surface area contributed by atoms with Crippen LogP contribution >= 0.6 is 11.3 Å². The lowest BCUT2D eigenvalue weighted by Gasteiger charge is -2.38. The lowest BCUT2D eigenvalue weighted by molar-refractivity contribution is -0.131. The van der Waals surface area contributed by atoms with E-state index in [9.17, 15) is 29.4 Å². The van der Waals surface area contributed by atoms with Gasteiger partial charge >= 0.3 is 12.1 Å². The van der Waals surface area contributed by atoms with E-state index < -0.39 is 53.1 Å². The Bertz CT molecular complexity index is 2080. The van der Waals surface area contributed by atoms with Gasteiger partial charge in [-0.25, -0.2) is 14.6 Å². The van der Waals surface area contributed by atoms with Crippen molar-refractivity contribution in [2.24, 2.45) is 10.8 Å². The SMILES string of the molecule is CC(C)c1nc(CN2CCN(C(C(=O)NC(Cc3ccccc3)C(O)CC(Cc3ccc(-c4ccccn4)cc3)NC(=O)C(N(C)C(=O)O)C(C)(C)C)C(C)(C)C)C2=O)cs1. The fraction of sp³-hybridized carbons (Fsp3) is 0.489. The van der Waals surface area contributed by atoms with Gasteiger partial charge in [-0.3, -0.25) is 19.5 Å². The zero-order chi connectivity index (χ0) is 44.6. The molecule has 0 saturated carbocycles. The summed E-state index contributed by atoms with van der Waals surface area (Å²) in [6.45, 7) is 16.5. The van der Waals surface area contributed by atoms with Crippen molar-refractivity contribution < 1.29 is 29.4 Å². The lowest BCUT2D eigenvalue weighted by Crippen LogP contribution is -2.59. The van der Waals surface area contributed by atoms with E-state index in [4.69, 9.17) is 4.98 Å². The highest BCUT2D eigenvalue weighted by Crippen LogP contribution is 2.30. The molecule has 2 aromatic heterocycles. The van der Waals surface area contributed by atoms with E-state index >= 15 is 0 Å². The van der Waals surface area contributed by atoms with Crippen molar-refractivity contribution in [3.05, 3.63) is 106 Å². The molecule has 1 saturated heterocycles. The van der Waals surface area contributed by atoms with Gasteiger partial charge in [0.05, 0.1) is 35.1 Å². The van der Waals surface area contributed by atoms with Crippen molar-refractivity contribution >= 4 is 35.3 Å². The Labute approximate surface area is 364 Å². The molecule has 61 heavy (non-hydrogen) atoms. The molecule has 1 aliphatic heterocycles. The Hall–Kier alpha value is -5.34. The molecule has 0 aliphatic carbocycles. The summed E-state index contributed by atoms with van der Waals surface area (Å²) in [6.07, 6.45) is -0.0582. The summed E-state index contributed by atoms with van der Waals surface area (Å²) in [5.41, 5.74) is 2.89. The topological polar surface area (TPSA) is 168 Å². The molecule has 328 valence electrons. The first kappa shape index (κ1) is 46.7. The summed E-state index contributed by atoms with van der Waals surface area (Å²) in [6, 6.07) is 19.4. The second-order valence-corrected chi connectivity index (χ2v) is 19.5. The summed E-state index contributed by atoms with van der Waals surface area (Å²) < 4.78 is 0. The molecule has 5 amide bonds. The maximum absolute atomic E-state index is 14.6. The van der Waals surface area contributed by atoms with E-state index in [-0.39, 0.29) is 30.7 Å². The van der Waals surface area contributed by atoms with Crippen LogP contribution in [0.1, 0.15) is 89.6 Å². The van der Waals surface area contributed by atoms with Crippen molar-refractivity contribution in [3.63, 3.8) is 0 Å². The van der Waals surface area contributed by atoms with Gasteiger partial charge < -0.3 is 30.6 Å². The van der Waals surface area contributed by atoms with Gasteiger partial charge in [-0.1, -0.05) is 116 Å². The molecular weight excluding hydrogens is 791 g/mol. The second kappa shape index (κ2) is 20.0. The maximum Gasteiger partial charge on any atom is 0.407 e. The minimum Gasteiger partial charge on any atom is -0.465 e. The quantitative estimate of drug-likeness (QED) is 0.0865. The molecule has 0 spiro atoms. The number of aromatic nitrogens is 2. The van der Waals surface area contributed by atoms with Crippen LogP contribution in [0.2, 0.25) is 0 Å². The van der Waals surface area contributed by atoms with Crippen molar-refractivity contribution in [1.82, 2.24) is 35.3 Å². The number of urea groups is 1. The first-order valence-corrected chi connectivity index (χ1v) is 21.9. The smallest absolute Gasteiger partial charge is 0.407 e. The van der Waals surface area contributed by atoms with E-state index in [0.29, 0.717) is 26.1 Å². The van der Waals surface area contributed by atoms with Crippen LogP contribution in [0.5, 0.6) is 0 Å². The van der Waals surface area contributed by atoms with Crippen molar-refractivity contribution in [2.45, 2.75) is 117 Å². The molecule has 4 aromatic rings. The molecule has 14 heteroatoms. The molecule has 0 bridgehead atoms. The Balaban J connectivity index is 1.42. The van der Waals surface area contributed by atoms with Crippen LogP contribution < -0.4 is 10.6 Å². The van der Waals surface area contributed by atoms with Gasteiger partial charge in [0, 0.05) is 49.2 Å². The third-order valence-electron chi connectivity index (χ3n) is 11.0. The number of pyridine rings is 1. The van der Waals surface area contributed by atoms with Gasteiger partial charge in [0.25, 0.3) is 0 Å². The molecule has 5 atom stereocenters. The van der Waals surface area contributed by atoms with E-state index in [1.54, 1.807) is 48.1 Å². The number of hydrogen-bond donors (Lipinski definition) is 4. The number of nitrogens with one attached hydrogen (secondary N) is 2. The molecule has 3 heterocycles. The number of hydrogen-bond acceptors (Lipinski definition) is 8. The van der Waals surface area contributed by atoms with Crippen molar-refractivity contribution in [3.8, 4) is 11.3 Å². The van der Waals surface area contributed by atoms with Crippen LogP contribution in [0.15, 0.2) is 84.4 Å². The fourth-order valence-corrected chi connectivity index (χ4v) is 8.90. The summed E-state index contributed by atoms with van der Waals surface area (Å²) in [5.74, 6) is -0.598. The van der Waals surface area contributed by atoms with E-state index in [0.717, 1.165) is 38.0 Å². The average Bonchev–Trinajstić information content (AvgIpc) is 3.81. The second-order valence-electron chi connectivity index (χ2n) is 18.6. The number of likely N-dealkylation sites (N-methyl/N-ethyl adjacent to an activating group) is 1. The van der Waals surface area contributed by atoms with Crippen LogP contribution in [0.25, 0.3) is 11.3 Å². The van der Waals surface area contributed by atoms with Crippen LogP contribution in [-0.4, -0.2) is 109 Å². The minimum atomic E-state index is -1.24. The monoisotopic (exact) mass is 853 g/mol. The number of carbonyl (C=O) groups is 4. The van der Waals surface area contributed by atoms with E-state index in [1.165, 1.54) is 7.05 Å². The number of nitrogens with zero attached hydrogens (tertiary/aromatic N) is 5. The van der Waals surface area contributed by atoms with Gasteiger partial charge in [-0.2, -0.15) is 0 Å². The molecule has 4 N–H and O–H groups in total. The predicted octanol–water partition coefficient (Wildman–Crippen LogP) is 7.21. The first-order chi connectivity index (χ1) is 28.7. The molecule has 5 unspecified atom stereocenters. The largest absolute Gasteiger partial charge is 0.465 e. The average molecular weight is 854 g/mol. The molecular formula is C47H63N7O6S. The molecule has 13 nitrogen and oxygen atoms in total. The van der Waals surface area contributed by atoms with Crippen molar-refractivity contribution in [2.75, 3.05) is 20.1 Å². The van der Waals surface area contributed by atoms with Crippen LogP contribution in [-0.2, 0) is 29.0 Å². The standard InChI is InChI=1S/C47H63N7O6S/c1-30(2)43-50-35(29-61-43)28-53-23-24-54(44(53)58)40(47(6,7)8)42(57)51-37(26-31-15-11-10-12-16-31)38(55)27-34(49-41(56)39(46(3,4)5)52(9)45(59)60)25-32-18-20-33(21-19-32)36-17-13-14-22-48-36/h10-22,29-30,34,37-40,55H,23-28H2,1-9H3,(H,49,56)(H,51,57)(H,59,60). The van der Waals surface area contributed by atoms with Crippen molar-refractivity contribution in [1.29, 1.82) is 0 Å². The highest BCUT2D eigenvalue weighted by molar-refractivity contribution is 7.09. The third-order valence-corrected chi connectivity index (χ3v) is 12.2. The van der Waals surface area contributed by atoms with E-state index in [2.05, 4.69) is 29.5 Å². The Morgan fingerprint density at radius 3 is 2.08 bits per heavy atom. The predicted molar refractivity (Wildman–Crippen MR) is 239 cm³/mol. The Morgan fingerprint density at radius 1 is 0.852 bits per heavy atom. The number of carbonyl (C=O) groups excluding carboxylic acids is 3. The molecule has 5 rings (SSSR count). The number of rotatable bonds is 17. The molecule has 0 radical (unpaired) electrons. The molecule has 1 fully saturated rings. The maximum atomic E-state index is 14.6. The Kier molecular flexibility index (Phi) is 15.3. The molecule has 1 aliphatic rings. The fourth-order valence-electron chi connectivity index (χ4n) is 8.08. The van der Waals surface area contributed by atoms with Gasteiger partial charge in [0.15, 0.2) is 0 Å². The van der Waals surface area contributed by atoms with Gasteiger partial charge in [-0.05, 0) is 53.4 Å². The number of carboxylic acid groups (broad SMARTS) is 1. The number of amides is 5. The number of aliphatic hydroxyl groups excluding tert-OH is 1. The number of aliphatic hydroxyl groups is 1. The van der Waals surface area contributed by atoms with Crippen LogP contribution in [0.4, 0.5) is 9.59 Å². The lowest BCUT2D eigenvalue weighted by atomic mass is 9.84. The van der Waals surface area contributed by atoms with Gasteiger partial charge in [-0.15, -0.1) is 11.3 Å². The highest BCUT2D eigenvalue weighted by Gasteiger charge is 2.45. The van der Waals surface area contributed by atoms with E-state index in [1.807, 2.05) is 98.9 Å². The number of thiazole rings is 1. The number of benzene rings is 2. The summed E-state index contributed by atoms with van der Waals surface area (Å²) in [5, 5.41) is 31.4. The zero-order valence-corrected chi connectivity index (χ0v) is 37.8. The Morgan fingerprint density at radius 2 is 1.51 bits per heavy atom. The van der Waals surface area contributed by atoms with Crippen LogP contribution in [0, 0.1) is 10.8 Å². The first-order valence-electron chi connectivity index (χ1n) is 21.0. The van der Waals surface area contributed by atoms with Crippen LogP contribution in [0.3, 0.4) is 0 Å². The highest BCUT2D eigenvalue weighted by atomic mass is 32.1. The molecule has 2 aromatic carbocycles. The minimum absolute atomic E-state index is 0.0295. The third kappa shape index (κ3) is 12.4. The zero-order valence-electron chi connectivity index (χ0n) is 37.0. The van der Waals surface area contributed by atoms with Gasteiger partial charge in [0.2, 0.25) is 11.8 Å². The normalized spacial score (nSPS) is 15.9. The summed E-state index contributed by atoms with van der Waals surface area (Å²) in [4.78, 5) is 68.5.